The van der Waals surface area contributed by atoms with Crippen LogP contribution in [0.15, 0.2) is 91.0 Å². The molecule has 5 aromatic carbocycles. The van der Waals surface area contributed by atoms with Crippen LogP contribution in [0.25, 0.3) is 32.3 Å². The van der Waals surface area contributed by atoms with Crippen LogP contribution in [0.2, 0.25) is 0 Å². The van der Waals surface area contributed by atoms with E-state index in [1.54, 1.807) is 0 Å². The minimum absolute atomic E-state index is 0.261. The van der Waals surface area contributed by atoms with Crippen molar-refractivity contribution in [1.29, 1.82) is 0 Å². The molecule has 1 N–H and O–H groups in total. The van der Waals surface area contributed by atoms with Crippen molar-refractivity contribution in [3.8, 4) is 0 Å². The van der Waals surface area contributed by atoms with E-state index in [1.807, 2.05) is 13.8 Å². The summed E-state index contributed by atoms with van der Waals surface area (Å²) in [7, 11) is 11.1. The summed E-state index contributed by atoms with van der Waals surface area (Å²) in [6, 6.07) is 31.9. The van der Waals surface area contributed by atoms with Crippen molar-refractivity contribution in [2.45, 2.75) is 26.7 Å². The van der Waals surface area contributed by atoms with E-state index in [0.29, 0.717) is 0 Å². The molecule has 4 heteroatoms. The minimum Gasteiger partial charge on any atom is -0.396 e. The Morgan fingerprint density at radius 2 is 1.50 bits per heavy atom. The van der Waals surface area contributed by atoms with Gasteiger partial charge in [-0.25, -0.2) is 0 Å². The van der Waals surface area contributed by atoms with Crippen LogP contribution in [0.3, 0.4) is 0 Å². The average molecular weight is 543 g/mol. The zero-order chi connectivity index (χ0) is 22.9. The molecule has 0 aliphatic rings. The van der Waals surface area contributed by atoms with E-state index in [4.69, 9.17) is 22.1 Å². The molecule has 1 nitrogen and oxygen atoms in total. The molecule has 0 amide bonds. The second-order valence-electron chi connectivity index (χ2n) is 7.85. The largest absolute Gasteiger partial charge is 0.396 e. The first-order chi connectivity index (χ1) is 15.5. The zero-order valence-electron chi connectivity index (χ0n) is 18.5. The van der Waals surface area contributed by atoms with Gasteiger partial charge in [-0.1, -0.05) is 48.9 Å². The third-order valence-corrected chi connectivity index (χ3v) is 11.6. The first kappa shape index (κ1) is 25.1. The van der Waals surface area contributed by atoms with Crippen molar-refractivity contribution in [2.75, 3.05) is 6.61 Å². The first-order valence-corrected chi connectivity index (χ1v) is 18.3. The van der Waals surface area contributed by atoms with Crippen molar-refractivity contribution in [3.63, 3.8) is 0 Å². The van der Waals surface area contributed by atoms with Crippen LogP contribution in [0, 0.1) is 0 Å². The van der Waals surface area contributed by atoms with Crippen molar-refractivity contribution in [3.05, 3.63) is 96.6 Å². The Morgan fingerprint density at radius 1 is 0.844 bits per heavy atom. The van der Waals surface area contributed by atoms with E-state index < -0.39 is 18.9 Å². The fourth-order valence-corrected chi connectivity index (χ4v) is 3.60. The van der Waals surface area contributed by atoms with Gasteiger partial charge in [0, 0.05) is 6.61 Å². The summed E-state index contributed by atoms with van der Waals surface area (Å²) < 4.78 is 1.24. The topological polar surface area (TPSA) is 20.2 Å². The summed E-state index contributed by atoms with van der Waals surface area (Å²) in [5.74, 6) is 0. The van der Waals surface area contributed by atoms with Gasteiger partial charge in [0.25, 0.3) is 0 Å². The average Bonchev–Trinajstić information content (AvgIpc) is 3.43. The number of aryl methyl sites for hydroxylation is 1. The van der Waals surface area contributed by atoms with Crippen molar-refractivity contribution >= 4 is 52.5 Å². The number of fused-ring (bicyclic) bond motifs is 4. The fraction of sp³-hybridized carbons (Fsp3) is 0.179. The van der Waals surface area contributed by atoms with Gasteiger partial charge in [-0.05, 0) is 6.42 Å². The molecular weight excluding hydrogens is 514 g/mol. The van der Waals surface area contributed by atoms with Gasteiger partial charge >= 0.3 is 53.0 Å². The SMILES string of the molecule is C[C](C)=[Zr]([Cl])[Cl].OCCCc1cccc2c1[cH-]c1ccccc12.c1ccc2[cH-]ccc2c1. The monoisotopic (exact) mass is 540 g/mol. The maximum absolute atomic E-state index is 8.94. The Balaban J connectivity index is 0.000000161. The molecule has 0 spiro atoms. The number of benzene rings is 3. The molecule has 0 aromatic heterocycles. The van der Waals surface area contributed by atoms with Gasteiger partial charge < -0.3 is 5.11 Å². The predicted octanol–water partition coefficient (Wildman–Crippen LogP) is 8.32. The van der Waals surface area contributed by atoms with Gasteiger partial charge in [0.1, 0.15) is 0 Å². The Labute approximate surface area is 205 Å². The van der Waals surface area contributed by atoms with Crippen LogP contribution in [-0.4, -0.2) is 14.9 Å². The molecule has 0 bridgehead atoms. The Bertz CT molecular complexity index is 1260. The molecule has 5 rings (SSSR count). The maximum atomic E-state index is 8.94. The van der Waals surface area contributed by atoms with Crippen LogP contribution < -0.4 is 0 Å². The number of hydrogen-bond donors (Lipinski definition) is 1. The van der Waals surface area contributed by atoms with E-state index in [2.05, 4.69) is 91.0 Å². The number of rotatable bonds is 3. The van der Waals surface area contributed by atoms with E-state index >= 15 is 0 Å². The summed E-state index contributed by atoms with van der Waals surface area (Å²) in [6.07, 6.45) is 1.78. The van der Waals surface area contributed by atoms with E-state index in [-0.39, 0.29) is 6.61 Å². The van der Waals surface area contributed by atoms with Crippen LogP contribution in [0.4, 0.5) is 0 Å². The second kappa shape index (κ2) is 12.6. The number of aliphatic hydroxyl groups is 1. The van der Waals surface area contributed by atoms with Gasteiger partial charge in [0.15, 0.2) is 0 Å². The van der Waals surface area contributed by atoms with Gasteiger partial charge in [-0.15, -0.1) is 68.9 Å². The third-order valence-electron chi connectivity index (χ3n) is 5.28. The summed E-state index contributed by atoms with van der Waals surface area (Å²) in [4.78, 5) is 0. The molecule has 0 unspecified atom stereocenters. The first-order valence-electron chi connectivity index (χ1n) is 10.8. The molecule has 0 saturated carbocycles. The molecule has 0 aliphatic carbocycles. The van der Waals surface area contributed by atoms with Crippen LogP contribution in [-0.2, 0) is 25.3 Å². The van der Waals surface area contributed by atoms with Gasteiger partial charge in [0.2, 0.25) is 0 Å². The van der Waals surface area contributed by atoms with Crippen LogP contribution >= 0.6 is 17.0 Å². The predicted molar refractivity (Wildman–Crippen MR) is 140 cm³/mol. The normalized spacial score (nSPS) is 10.4. The molecule has 0 aliphatic heterocycles. The number of aliphatic hydroxyl groups excluding tert-OH is 1. The van der Waals surface area contributed by atoms with Crippen LogP contribution in [0.5, 0.6) is 0 Å². The van der Waals surface area contributed by atoms with Crippen molar-refractivity contribution in [1.82, 2.24) is 0 Å². The maximum Gasteiger partial charge on any atom is 0.0428 e. The molecule has 0 fully saturated rings. The number of hydrogen-bond acceptors (Lipinski definition) is 1. The second-order valence-corrected chi connectivity index (χ2v) is 17.2. The minimum atomic E-state index is -1.84. The fourth-order valence-electron chi connectivity index (χ4n) is 3.60. The van der Waals surface area contributed by atoms with Crippen molar-refractivity contribution < 1.29 is 24.0 Å². The van der Waals surface area contributed by atoms with Crippen LogP contribution in [0.1, 0.15) is 25.8 Å². The molecule has 5 aromatic rings. The summed E-state index contributed by atoms with van der Waals surface area (Å²) >= 11 is -1.84. The Morgan fingerprint density at radius 3 is 2.19 bits per heavy atom. The summed E-state index contributed by atoms with van der Waals surface area (Å²) in [5, 5.41) is 16.9. The number of halogens is 2. The van der Waals surface area contributed by atoms with Gasteiger partial charge in [-0.3, -0.25) is 0 Å². The molecule has 0 saturated heterocycles. The van der Waals surface area contributed by atoms with E-state index in [9.17, 15) is 0 Å². The molecule has 0 atom stereocenters. The van der Waals surface area contributed by atoms with E-state index in [0.717, 1.165) is 12.8 Å². The molecule has 0 heterocycles. The van der Waals surface area contributed by atoms with E-state index in [1.165, 1.54) is 41.1 Å². The Kier molecular flexibility index (Phi) is 9.88. The molecule has 0 radical (unpaired) electrons. The van der Waals surface area contributed by atoms with Gasteiger partial charge in [0.05, 0.1) is 0 Å². The zero-order valence-corrected chi connectivity index (χ0v) is 22.5. The molecular formula is C28H28Cl2OZr-2. The molecule has 166 valence electrons. The third kappa shape index (κ3) is 6.72. The van der Waals surface area contributed by atoms with Gasteiger partial charge in [-0.2, -0.15) is 17.5 Å². The summed E-state index contributed by atoms with van der Waals surface area (Å²) in [5.41, 5.74) is 1.34. The smallest absolute Gasteiger partial charge is 0.0428 e. The Hall–Kier alpha value is -1.57. The van der Waals surface area contributed by atoms with Crippen molar-refractivity contribution in [2.24, 2.45) is 0 Å². The standard InChI is InChI=1S/C16H15O.C9H7.C3H6.2ClH.Zr/c17-10-4-7-12-6-3-9-15-14-8-2-1-5-13(14)11-16(12)15;1-2-5-9-7-3-6-8(9)4-1;1-3-2;;;/h1-3,5-6,8-9,11,17H,4,7,10H2;1-7H;1-2H3;2*1H;/q2*-1;;;;+2/p-2. The quantitative estimate of drug-likeness (QED) is 0.227. The molecule has 32 heavy (non-hydrogen) atoms. The summed E-state index contributed by atoms with van der Waals surface area (Å²) in [6.45, 7) is 4.22.